The molecular weight excluding hydrogens is 242 g/mol. The third-order valence-electron chi connectivity index (χ3n) is 3.37. The minimum Gasteiger partial charge on any atom is -0.357 e. The lowest BCUT2D eigenvalue weighted by molar-refractivity contribution is 0.628. The number of anilines is 2. The van der Waals surface area contributed by atoms with Gasteiger partial charge in [0.2, 0.25) is 11.9 Å². The molecular formula is C12H17N7. The summed E-state index contributed by atoms with van der Waals surface area (Å²) in [5.41, 5.74) is 0.318. The first-order valence-corrected chi connectivity index (χ1v) is 6.29. The van der Waals surface area contributed by atoms with Gasteiger partial charge in [0, 0.05) is 25.5 Å². The molecule has 0 aliphatic heterocycles. The molecule has 1 atom stereocenters. The van der Waals surface area contributed by atoms with Gasteiger partial charge in [-0.05, 0) is 17.9 Å². The molecule has 1 aliphatic rings. The molecule has 1 fully saturated rings. The fraction of sp³-hybridized carbons (Fsp3) is 0.500. The van der Waals surface area contributed by atoms with Crippen molar-refractivity contribution >= 4 is 11.9 Å². The summed E-state index contributed by atoms with van der Waals surface area (Å²) in [6.45, 7) is 4.44. The second-order valence-corrected chi connectivity index (χ2v) is 5.37. The molecule has 0 amide bonds. The van der Waals surface area contributed by atoms with E-state index in [1.165, 1.54) is 0 Å². The molecule has 0 spiro atoms. The van der Waals surface area contributed by atoms with Crippen molar-refractivity contribution in [2.75, 3.05) is 17.7 Å². The van der Waals surface area contributed by atoms with Gasteiger partial charge in [-0.15, -0.1) is 0 Å². The Hall–Kier alpha value is -2.18. The van der Waals surface area contributed by atoms with Crippen molar-refractivity contribution in [1.29, 1.82) is 0 Å². The summed E-state index contributed by atoms with van der Waals surface area (Å²) in [6.07, 6.45) is 4.63. The maximum atomic E-state index is 4.40. The van der Waals surface area contributed by atoms with Crippen molar-refractivity contribution in [3.63, 3.8) is 0 Å². The molecule has 2 N–H and O–H groups in total. The fourth-order valence-electron chi connectivity index (χ4n) is 1.90. The van der Waals surface area contributed by atoms with E-state index in [1.807, 2.05) is 6.07 Å². The van der Waals surface area contributed by atoms with E-state index in [2.05, 4.69) is 44.5 Å². The van der Waals surface area contributed by atoms with E-state index in [9.17, 15) is 0 Å². The molecule has 0 aromatic carbocycles. The smallest absolute Gasteiger partial charge is 0.257 e. The minimum atomic E-state index is 0.318. The van der Waals surface area contributed by atoms with Crippen molar-refractivity contribution in [1.82, 2.24) is 24.7 Å². The Morgan fingerprint density at radius 3 is 2.58 bits per heavy atom. The highest BCUT2D eigenvalue weighted by molar-refractivity contribution is 5.39. The maximum absolute atomic E-state index is 4.40. The van der Waals surface area contributed by atoms with Crippen molar-refractivity contribution in [3.8, 4) is 5.95 Å². The molecule has 0 bridgehead atoms. The van der Waals surface area contributed by atoms with E-state index in [4.69, 9.17) is 0 Å². The van der Waals surface area contributed by atoms with Gasteiger partial charge in [0.1, 0.15) is 0 Å². The van der Waals surface area contributed by atoms with Gasteiger partial charge in [-0.3, -0.25) is 0 Å². The standard InChI is InChI=1S/C12H17N7/c1-12(2)7-8(12)15-10-16-9(13-3)17-11(18-10)19-6-4-5-14-19/h4-6,8H,7H2,1-3H3,(H2,13,15,16,17,18). The van der Waals surface area contributed by atoms with Gasteiger partial charge in [-0.25, -0.2) is 4.68 Å². The molecule has 2 aromatic heterocycles. The van der Waals surface area contributed by atoms with Crippen molar-refractivity contribution in [2.24, 2.45) is 5.41 Å². The van der Waals surface area contributed by atoms with Gasteiger partial charge in [-0.1, -0.05) is 13.8 Å². The molecule has 19 heavy (non-hydrogen) atoms. The average molecular weight is 259 g/mol. The largest absolute Gasteiger partial charge is 0.357 e. The summed E-state index contributed by atoms with van der Waals surface area (Å²) < 4.78 is 1.62. The van der Waals surface area contributed by atoms with Crippen LogP contribution in [-0.4, -0.2) is 37.8 Å². The summed E-state index contributed by atoms with van der Waals surface area (Å²) in [5, 5.41) is 10.4. The number of hydrogen-bond acceptors (Lipinski definition) is 6. The van der Waals surface area contributed by atoms with Crippen molar-refractivity contribution in [3.05, 3.63) is 18.5 Å². The van der Waals surface area contributed by atoms with Crippen molar-refractivity contribution < 1.29 is 0 Å². The second kappa shape index (κ2) is 4.18. The number of nitrogens with zero attached hydrogens (tertiary/aromatic N) is 5. The number of hydrogen-bond donors (Lipinski definition) is 2. The van der Waals surface area contributed by atoms with Crippen LogP contribution < -0.4 is 10.6 Å². The lowest BCUT2D eigenvalue weighted by Gasteiger charge is -2.09. The highest BCUT2D eigenvalue weighted by Gasteiger charge is 2.46. The zero-order valence-corrected chi connectivity index (χ0v) is 11.3. The van der Waals surface area contributed by atoms with Crippen LogP contribution in [0, 0.1) is 5.41 Å². The van der Waals surface area contributed by atoms with E-state index >= 15 is 0 Å². The molecule has 0 radical (unpaired) electrons. The van der Waals surface area contributed by atoms with Crippen molar-refractivity contribution in [2.45, 2.75) is 26.3 Å². The van der Waals surface area contributed by atoms with Crippen LogP contribution in [0.2, 0.25) is 0 Å². The summed E-state index contributed by atoms with van der Waals surface area (Å²) >= 11 is 0. The first kappa shape index (κ1) is 11.9. The molecule has 7 nitrogen and oxygen atoms in total. The monoisotopic (exact) mass is 259 g/mol. The predicted octanol–water partition coefficient (Wildman–Crippen LogP) is 1.31. The van der Waals surface area contributed by atoms with E-state index < -0.39 is 0 Å². The van der Waals surface area contributed by atoms with Crippen LogP contribution in [0.4, 0.5) is 11.9 Å². The van der Waals surface area contributed by atoms with Gasteiger partial charge in [0.25, 0.3) is 5.95 Å². The maximum Gasteiger partial charge on any atom is 0.257 e. The Morgan fingerprint density at radius 2 is 2.00 bits per heavy atom. The van der Waals surface area contributed by atoms with E-state index in [-0.39, 0.29) is 0 Å². The second-order valence-electron chi connectivity index (χ2n) is 5.37. The third-order valence-corrected chi connectivity index (χ3v) is 3.37. The minimum absolute atomic E-state index is 0.318. The first-order chi connectivity index (χ1) is 9.08. The third kappa shape index (κ3) is 2.35. The SMILES string of the molecule is CNc1nc(NC2CC2(C)C)nc(-n2cccn2)n1. The first-order valence-electron chi connectivity index (χ1n) is 6.29. The molecule has 2 aromatic rings. The Labute approximate surface area is 111 Å². The van der Waals surface area contributed by atoms with Gasteiger partial charge < -0.3 is 10.6 Å². The zero-order valence-electron chi connectivity index (χ0n) is 11.3. The van der Waals surface area contributed by atoms with Gasteiger partial charge >= 0.3 is 0 Å². The molecule has 3 rings (SSSR count). The lowest BCUT2D eigenvalue weighted by atomic mass is 10.2. The zero-order chi connectivity index (χ0) is 13.5. The van der Waals surface area contributed by atoms with Crippen LogP contribution in [0.3, 0.4) is 0 Å². The Kier molecular flexibility index (Phi) is 2.62. The van der Waals surface area contributed by atoms with Gasteiger partial charge in [0.15, 0.2) is 0 Å². The van der Waals surface area contributed by atoms with E-state index in [1.54, 1.807) is 24.1 Å². The van der Waals surface area contributed by atoms with Crippen LogP contribution in [0.5, 0.6) is 0 Å². The van der Waals surface area contributed by atoms with Crippen LogP contribution in [0.25, 0.3) is 5.95 Å². The summed E-state index contributed by atoms with van der Waals surface area (Å²) in [7, 11) is 1.78. The molecule has 1 unspecified atom stereocenters. The van der Waals surface area contributed by atoms with Crippen LogP contribution in [0.15, 0.2) is 18.5 Å². The van der Waals surface area contributed by atoms with E-state index in [0.717, 1.165) is 6.42 Å². The Morgan fingerprint density at radius 1 is 1.26 bits per heavy atom. The lowest BCUT2D eigenvalue weighted by Crippen LogP contribution is -2.15. The van der Waals surface area contributed by atoms with Crippen LogP contribution >= 0.6 is 0 Å². The van der Waals surface area contributed by atoms with Crippen LogP contribution in [0.1, 0.15) is 20.3 Å². The topological polar surface area (TPSA) is 80.5 Å². The normalized spacial score (nSPS) is 20.1. The Bertz CT molecular complexity index is 576. The van der Waals surface area contributed by atoms with Gasteiger partial charge in [-0.2, -0.15) is 20.1 Å². The molecule has 1 saturated carbocycles. The molecule has 2 heterocycles. The number of aromatic nitrogens is 5. The fourth-order valence-corrected chi connectivity index (χ4v) is 1.90. The molecule has 100 valence electrons. The van der Waals surface area contributed by atoms with Gasteiger partial charge in [0.05, 0.1) is 0 Å². The molecule has 0 saturated heterocycles. The predicted molar refractivity (Wildman–Crippen MR) is 72.3 cm³/mol. The van der Waals surface area contributed by atoms with E-state index in [0.29, 0.717) is 29.3 Å². The highest BCUT2D eigenvalue weighted by Crippen LogP contribution is 2.46. The average Bonchev–Trinajstić information content (AvgIpc) is 2.85. The quantitative estimate of drug-likeness (QED) is 0.861. The summed E-state index contributed by atoms with van der Waals surface area (Å²) in [6, 6.07) is 2.25. The number of rotatable bonds is 4. The summed E-state index contributed by atoms with van der Waals surface area (Å²) in [4.78, 5) is 13.0. The molecule has 7 heteroatoms. The number of nitrogens with one attached hydrogen (secondary N) is 2. The Balaban J connectivity index is 1.89. The van der Waals surface area contributed by atoms with Crippen LogP contribution in [-0.2, 0) is 0 Å². The summed E-state index contributed by atoms with van der Waals surface area (Å²) in [5.74, 6) is 1.62. The molecule has 1 aliphatic carbocycles. The highest BCUT2D eigenvalue weighted by atomic mass is 15.4.